The van der Waals surface area contributed by atoms with E-state index in [2.05, 4.69) is 0 Å². The van der Waals surface area contributed by atoms with Crippen molar-refractivity contribution in [1.82, 2.24) is 0 Å². The largest absolute Gasteiger partial charge is 0.508 e. The molecule has 198 valence electrons. The molecule has 1 atom stereocenters. The van der Waals surface area contributed by atoms with Crippen molar-refractivity contribution >= 4 is 6.08 Å². The van der Waals surface area contributed by atoms with Crippen molar-refractivity contribution in [3.05, 3.63) is 138 Å². The summed E-state index contributed by atoms with van der Waals surface area (Å²) in [5.74, 6) is 1.85. The number of allylic oxidation sites excluding steroid dienone is 2. The molecule has 0 spiro atoms. The summed E-state index contributed by atoms with van der Waals surface area (Å²) in [5.41, 5.74) is 4.26. The SMILES string of the molecule is CC=COc1ccc(C=CC(O)c2ccc(O)cc2OC=CC)c(-c2ccccc2OCc2ccccc2)c1. The van der Waals surface area contributed by atoms with Crippen LogP contribution < -0.4 is 14.2 Å². The van der Waals surface area contributed by atoms with Gasteiger partial charge in [0.2, 0.25) is 0 Å². The molecule has 5 heteroatoms. The molecule has 1 unspecified atom stereocenters. The number of rotatable bonds is 11. The van der Waals surface area contributed by atoms with Gasteiger partial charge in [-0.1, -0.05) is 78.9 Å². The molecular formula is C34H32O5. The fourth-order valence-corrected chi connectivity index (χ4v) is 3.99. The minimum absolute atomic E-state index is 0.0561. The van der Waals surface area contributed by atoms with Crippen LogP contribution in [0.25, 0.3) is 17.2 Å². The predicted molar refractivity (Wildman–Crippen MR) is 156 cm³/mol. The summed E-state index contributed by atoms with van der Waals surface area (Å²) < 4.78 is 17.6. The van der Waals surface area contributed by atoms with E-state index in [0.29, 0.717) is 23.7 Å². The Kier molecular flexibility index (Phi) is 9.59. The number of ether oxygens (including phenoxy) is 3. The number of hydrogen-bond donors (Lipinski definition) is 2. The molecule has 0 aliphatic heterocycles. The first-order valence-electron chi connectivity index (χ1n) is 12.7. The number of aliphatic hydroxyl groups is 1. The van der Waals surface area contributed by atoms with Gasteiger partial charge in [0.15, 0.2) is 0 Å². The van der Waals surface area contributed by atoms with Gasteiger partial charge in [0.1, 0.15) is 35.7 Å². The Morgan fingerprint density at radius 2 is 1.49 bits per heavy atom. The van der Waals surface area contributed by atoms with E-state index in [4.69, 9.17) is 14.2 Å². The first-order chi connectivity index (χ1) is 19.1. The maximum atomic E-state index is 11.0. The van der Waals surface area contributed by atoms with Crippen molar-refractivity contribution < 1.29 is 24.4 Å². The highest BCUT2D eigenvalue weighted by Gasteiger charge is 2.14. The fraction of sp³-hybridized carbons (Fsp3) is 0.118. The summed E-state index contributed by atoms with van der Waals surface area (Å²) in [5, 5.41) is 20.9. The standard InChI is InChI=1S/C34H32O5/c1-3-20-37-28-17-14-26(15-19-32(36)30-18-16-27(35)22-34(30)38-21-4-2)31(23-28)29-12-8-9-13-33(29)39-24-25-10-6-5-7-11-25/h3-23,32,35-36H,24H2,1-2H3. The minimum Gasteiger partial charge on any atom is -0.508 e. The summed E-state index contributed by atoms with van der Waals surface area (Å²) >= 11 is 0. The fourth-order valence-electron chi connectivity index (χ4n) is 3.99. The lowest BCUT2D eigenvalue weighted by Gasteiger charge is -2.16. The van der Waals surface area contributed by atoms with Crippen molar-refractivity contribution in [2.45, 2.75) is 26.6 Å². The van der Waals surface area contributed by atoms with E-state index in [1.165, 1.54) is 18.4 Å². The monoisotopic (exact) mass is 520 g/mol. The second kappa shape index (κ2) is 13.7. The first kappa shape index (κ1) is 27.3. The number of benzene rings is 4. The van der Waals surface area contributed by atoms with Gasteiger partial charge in [-0.05, 0) is 60.9 Å². The van der Waals surface area contributed by atoms with Crippen LogP contribution in [0, 0.1) is 0 Å². The number of hydrogen-bond acceptors (Lipinski definition) is 5. The molecule has 0 aromatic heterocycles. The van der Waals surface area contributed by atoms with Crippen LogP contribution in [0.2, 0.25) is 0 Å². The van der Waals surface area contributed by atoms with E-state index in [9.17, 15) is 10.2 Å². The van der Waals surface area contributed by atoms with Crippen molar-refractivity contribution in [1.29, 1.82) is 0 Å². The van der Waals surface area contributed by atoms with Crippen molar-refractivity contribution in [3.8, 4) is 34.1 Å². The Morgan fingerprint density at radius 3 is 2.28 bits per heavy atom. The quantitative estimate of drug-likeness (QED) is 0.195. The highest BCUT2D eigenvalue weighted by molar-refractivity contribution is 5.80. The second-order valence-electron chi connectivity index (χ2n) is 8.72. The predicted octanol–water partition coefficient (Wildman–Crippen LogP) is 8.21. The molecule has 4 aromatic carbocycles. The highest BCUT2D eigenvalue weighted by atomic mass is 16.5. The molecule has 4 aromatic rings. The topological polar surface area (TPSA) is 68.2 Å². The smallest absolute Gasteiger partial charge is 0.136 e. The molecule has 0 fully saturated rings. The summed E-state index contributed by atoms with van der Waals surface area (Å²) in [7, 11) is 0. The van der Waals surface area contributed by atoms with E-state index in [-0.39, 0.29) is 5.75 Å². The number of phenolic OH excluding ortho intramolecular Hbond substituents is 1. The van der Waals surface area contributed by atoms with Crippen LogP contribution in [0.1, 0.15) is 36.6 Å². The van der Waals surface area contributed by atoms with Gasteiger partial charge >= 0.3 is 0 Å². The third-order valence-corrected chi connectivity index (χ3v) is 5.88. The lowest BCUT2D eigenvalue weighted by atomic mass is 9.97. The molecule has 39 heavy (non-hydrogen) atoms. The van der Waals surface area contributed by atoms with Crippen LogP contribution in [-0.4, -0.2) is 10.2 Å². The lowest BCUT2D eigenvalue weighted by Crippen LogP contribution is -1.98. The van der Waals surface area contributed by atoms with Gasteiger partial charge in [0.25, 0.3) is 0 Å². The van der Waals surface area contributed by atoms with Crippen molar-refractivity contribution in [2.24, 2.45) is 0 Å². The number of phenols is 1. The summed E-state index contributed by atoms with van der Waals surface area (Å²) in [4.78, 5) is 0. The highest BCUT2D eigenvalue weighted by Crippen LogP contribution is 2.37. The molecule has 0 heterocycles. The Hall–Kier alpha value is -4.74. The van der Waals surface area contributed by atoms with Crippen LogP contribution in [0.3, 0.4) is 0 Å². The van der Waals surface area contributed by atoms with Gasteiger partial charge in [-0.15, -0.1) is 0 Å². The number of para-hydroxylation sites is 1. The van der Waals surface area contributed by atoms with Crippen LogP contribution in [0.4, 0.5) is 0 Å². The van der Waals surface area contributed by atoms with Crippen molar-refractivity contribution in [3.63, 3.8) is 0 Å². The van der Waals surface area contributed by atoms with Gasteiger partial charge in [-0.3, -0.25) is 0 Å². The van der Waals surface area contributed by atoms with Gasteiger partial charge < -0.3 is 24.4 Å². The summed E-state index contributed by atoms with van der Waals surface area (Å²) in [6.45, 7) is 4.15. The maximum absolute atomic E-state index is 11.0. The first-order valence-corrected chi connectivity index (χ1v) is 12.7. The maximum Gasteiger partial charge on any atom is 0.136 e. The normalized spacial score (nSPS) is 12.3. The summed E-state index contributed by atoms with van der Waals surface area (Å²) in [6.07, 6.45) is 9.27. The summed E-state index contributed by atoms with van der Waals surface area (Å²) in [6, 6.07) is 28.3. The molecule has 0 aliphatic rings. The van der Waals surface area contributed by atoms with Crippen molar-refractivity contribution in [2.75, 3.05) is 0 Å². The van der Waals surface area contributed by atoms with E-state index in [1.54, 1.807) is 24.5 Å². The van der Waals surface area contributed by atoms with Gasteiger partial charge in [0.05, 0.1) is 12.5 Å². The molecule has 0 saturated heterocycles. The zero-order valence-corrected chi connectivity index (χ0v) is 22.0. The number of aromatic hydroxyl groups is 1. The molecule has 2 N–H and O–H groups in total. The van der Waals surface area contributed by atoms with Gasteiger partial charge in [-0.25, -0.2) is 0 Å². The van der Waals surface area contributed by atoms with E-state index >= 15 is 0 Å². The molecular weight excluding hydrogens is 488 g/mol. The Balaban J connectivity index is 1.69. The molecule has 0 amide bonds. The Labute approximate surface area is 229 Å². The van der Waals surface area contributed by atoms with Crippen LogP contribution in [0.15, 0.2) is 122 Å². The third-order valence-electron chi connectivity index (χ3n) is 5.88. The van der Waals surface area contributed by atoms with E-state index in [1.807, 2.05) is 98.8 Å². The lowest BCUT2D eigenvalue weighted by molar-refractivity contribution is 0.225. The Morgan fingerprint density at radius 1 is 0.744 bits per heavy atom. The minimum atomic E-state index is -0.970. The average Bonchev–Trinajstić information content (AvgIpc) is 2.97. The van der Waals surface area contributed by atoms with E-state index < -0.39 is 6.10 Å². The van der Waals surface area contributed by atoms with Crippen LogP contribution in [0.5, 0.6) is 23.0 Å². The van der Waals surface area contributed by atoms with E-state index in [0.717, 1.165) is 28.0 Å². The zero-order valence-electron chi connectivity index (χ0n) is 22.0. The van der Waals surface area contributed by atoms with Crippen LogP contribution in [-0.2, 0) is 6.61 Å². The Bertz CT molecular complexity index is 1450. The molecule has 5 nitrogen and oxygen atoms in total. The molecule has 0 bridgehead atoms. The molecule has 4 rings (SSSR count). The molecule has 0 radical (unpaired) electrons. The number of aliphatic hydroxyl groups excluding tert-OH is 1. The van der Waals surface area contributed by atoms with Gasteiger partial charge in [0, 0.05) is 17.2 Å². The van der Waals surface area contributed by atoms with Crippen LogP contribution >= 0.6 is 0 Å². The second-order valence-corrected chi connectivity index (χ2v) is 8.72. The molecule has 0 saturated carbocycles. The zero-order chi connectivity index (χ0) is 27.5. The molecule has 0 aliphatic carbocycles. The third kappa shape index (κ3) is 7.40. The average molecular weight is 521 g/mol. The van der Waals surface area contributed by atoms with Gasteiger partial charge in [-0.2, -0.15) is 0 Å².